The Morgan fingerprint density at radius 2 is 1.22 bits per heavy atom. The van der Waals surface area contributed by atoms with Crippen LogP contribution in [-0.2, 0) is 16.1 Å². The second kappa shape index (κ2) is 9.38. The molecule has 0 aromatic heterocycles. The highest BCUT2D eigenvalue weighted by Gasteiger charge is 2.63. The summed E-state index contributed by atoms with van der Waals surface area (Å²) in [6.07, 6.45) is 0. The number of amides is 3. The van der Waals surface area contributed by atoms with Gasteiger partial charge in [-0.2, -0.15) is 5.01 Å². The summed E-state index contributed by atoms with van der Waals surface area (Å²) in [5.74, 6) is -3.41. The number of non-ortho nitro benzene ring substituents is 1. The van der Waals surface area contributed by atoms with Gasteiger partial charge in [-0.1, -0.05) is 72.3 Å². The van der Waals surface area contributed by atoms with Gasteiger partial charge in [-0.25, -0.2) is 5.01 Å². The molecule has 3 amide bonds. The average Bonchev–Trinajstić information content (AvgIpc) is 3.26. The molecule has 4 aromatic rings. The lowest BCUT2D eigenvalue weighted by Gasteiger charge is -2.45. The molecule has 202 valence electrons. The molecule has 8 nitrogen and oxygen atoms in total. The molecule has 3 aliphatic carbocycles. The van der Waals surface area contributed by atoms with E-state index in [4.69, 9.17) is 11.6 Å². The molecule has 1 heterocycles. The summed E-state index contributed by atoms with van der Waals surface area (Å²) >= 11 is 6.08. The maximum atomic E-state index is 14.3. The topological polar surface area (TPSA) is 101 Å². The first-order valence-electron chi connectivity index (χ1n) is 13.2. The summed E-state index contributed by atoms with van der Waals surface area (Å²) in [7, 11) is 0. The largest absolute Gasteiger partial charge is 0.273 e. The van der Waals surface area contributed by atoms with Crippen molar-refractivity contribution in [2.45, 2.75) is 18.4 Å². The van der Waals surface area contributed by atoms with Crippen molar-refractivity contribution < 1.29 is 19.3 Å². The maximum absolute atomic E-state index is 14.3. The van der Waals surface area contributed by atoms with E-state index in [0.29, 0.717) is 10.6 Å². The van der Waals surface area contributed by atoms with Gasteiger partial charge in [0.1, 0.15) is 0 Å². The van der Waals surface area contributed by atoms with Gasteiger partial charge in [0.05, 0.1) is 23.3 Å². The Morgan fingerprint density at radius 3 is 1.66 bits per heavy atom. The van der Waals surface area contributed by atoms with Crippen molar-refractivity contribution in [2.24, 2.45) is 11.8 Å². The minimum absolute atomic E-state index is 0.0703. The normalized spacial score (nSPS) is 21.7. The Hall–Kier alpha value is -4.82. The van der Waals surface area contributed by atoms with Gasteiger partial charge in [0.15, 0.2) is 0 Å². The summed E-state index contributed by atoms with van der Waals surface area (Å²) in [6, 6.07) is 27.8. The van der Waals surface area contributed by atoms with E-state index in [1.807, 2.05) is 48.5 Å². The quantitative estimate of drug-likeness (QED) is 0.176. The summed E-state index contributed by atoms with van der Waals surface area (Å²) in [6.45, 7) is -0.0703. The molecular formula is C32H22ClN3O5. The van der Waals surface area contributed by atoms with E-state index < -0.39 is 34.5 Å². The Morgan fingerprint density at radius 1 is 0.756 bits per heavy atom. The number of halogens is 1. The fourth-order valence-corrected chi connectivity index (χ4v) is 6.90. The molecule has 2 bridgehead atoms. The highest BCUT2D eigenvalue weighted by molar-refractivity contribution is 6.30. The van der Waals surface area contributed by atoms with E-state index in [1.165, 1.54) is 29.3 Å². The van der Waals surface area contributed by atoms with Crippen LogP contribution >= 0.6 is 11.6 Å². The van der Waals surface area contributed by atoms with Crippen molar-refractivity contribution in [3.8, 4) is 0 Å². The van der Waals surface area contributed by atoms with Crippen molar-refractivity contribution in [2.75, 3.05) is 0 Å². The highest BCUT2D eigenvalue weighted by Crippen LogP contribution is 2.61. The number of hydrogen-bond donors (Lipinski definition) is 0. The minimum Gasteiger partial charge on any atom is -0.272 e. The monoisotopic (exact) mass is 563 g/mol. The fourth-order valence-electron chi connectivity index (χ4n) is 6.77. The first kappa shape index (κ1) is 25.2. The summed E-state index contributed by atoms with van der Waals surface area (Å²) < 4.78 is 0. The van der Waals surface area contributed by atoms with Crippen molar-refractivity contribution >= 4 is 35.0 Å². The number of carbonyl (C=O) groups is 3. The molecule has 41 heavy (non-hydrogen) atoms. The molecular weight excluding hydrogens is 542 g/mol. The molecule has 4 aliphatic rings. The number of nitro groups is 1. The molecule has 2 atom stereocenters. The van der Waals surface area contributed by atoms with Crippen molar-refractivity contribution in [3.05, 3.63) is 146 Å². The van der Waals surface area contributed by atoms with Gasteiger partial charge in [-0.15, -0.1) is 0 Å². The molecule has 4 aromatic carbocycles. The van der Waals surface area contributed by atoms with E-state index in [2.05, 4.69) is 0 Å². The van der Waals surface area contributed by atoms with Crippen LogP contribution in [0, 0.1) is 22.0 Å². The summed E-state index contributed by atoms with van der Waals surface area (Å²) in [4.78, 5) is 53.3. The van der Waals surface area contributed by atoms with Crippen molar-refractivity contribution in [1.29, 1.82) is 0 Å². The van der Waals surface area contributed by atoms with Crippen LogP contribution < -0.4 is 0 Å². The van der Waals surface area contributed by atoms with Gasteiger partial charge >= 0.3 is 0 Å². The van der Waals surface area contributed by atoms with Crippen LogP contribution in [0.25, 0.3) is 0 Å². The maximum Gasteiger partial charge on any atom is 0.273 e. The van der Waals surface area contributed by atoms with Crippen LogP contribution in [0.4, 0.5) is 5.69 Å². The number of nitro benzene ring substituents is 1. The van der Waals surface area contributed by atoms with Gasteiger partial charge in [-0.05, 0) is 52.1 Å². The van der Waals surface area contributed by atoms with E-state index in [9.17, 15) is 24.5 Å². The molecule has 1 aliphatic heterocycles. The van der Waals surface area contributed by atoms with Crippen LogP contribution in [0.15, 0.2) is 97.1 Å². The third-order valence-electron chi connectivity index (χ3n) is 8.47. The Balaban J connectivity index is 1.33. The van der Waals surface area contributed by atoms with Gasteiger partial charge in [0.25, 0.3) is 23.4 Å². The van der Waals surface area contributed by atoms with E-state index in [0.717, 1.165) is 27.3 Å². The number of hydrazine groups is 1. The van der Waals surface area contributed by atoms with Gasteiger partial charge < -0.3 is 0 Å². The number of hydrogen-bond acceptors (Lipinski definition) is 5. The Bertz CT molecular complexity index is 1640. The van der Waals surface area contributed by atoms with E-state index in [1.54, 1.807) is 24.3 Å². The summed E-state index contributed by atoms with van der Waals surface area (Å²) in [5, 5.41) is 13.9. The third kappa shape index (κ3) is 3.78. The lowest BCUT2D eigenvalue weighted by atomic mass is 9.55. The second-order valence-corrected chi connectivity index (χ2v) is 11.0. The van der Waals surface area contributed by atoms with Gasteiger partial charge in [-0.3, -0.25) is 24.5 Å². The van der Waals surface area contributed by atoms with Crippen LogP contribution in [0.3, 0.4) is 0 Å². The SMILES string of the molecule is O=C(c1ccc([N+](=O)[O-])cc1)N(Cc1ccc(Cl)cc1)N1C(=O)[C@H]2C3c4ccccc4C(c4ccccc43)[C@@H]2C1=O. The first-order chi connectivity index (χ1) is 19.8. The number of carbonyl (C=O) groups excluding carboxylic acids is 3. The highest BCUT2D eigenvalue weighted by atomic mass is 35.5. The number of nitrogens with zero attached hydrogens (tertiary/aromatic N) is 3. The van der Waals surface area contributed by atoms with Crippen LogP contribution in [0.5, 0.6) is 0 Å². The van der Waals surface area contributed by atoms with Crippen LogP contribution in [0.1, 0.15) is 50.0 Å². The van der Waals surface area contributed by atoms with E-state index >= 15 is 0 Å². The molecule has 0 unspecified atom stereocenters. The molecule has 1 saturated heterocycles. The zero-order chi connectivity index (χ0) is 28.4. The summed E-state index contributed by atoms with van der Waals surface area (Å²) in [5.41, 5.74) is 4.75. The van der Waals surface area contributed by atoms with Crippen molar-refractivity contribution in [1.82, 2.24) is 10.0 Å². The average molecular weight is 564 g/mol. The van der Waals surface area contributed by atoms with Crippen molar-refractivity contribution in [3.63, 3.8) is 0 Å². The molecule has 0 spiro atoms. The zero-order valence-corrected chi connectivity index (χ0v) is 22.3. The lowest BCUT2D eigenvalue weighted by molar-refractivity contribution is -0.384. The standard InChI is InChI=1S/C32H22ClN3O5/c33-20-13-9-18(10-14-20)17-34(30(37)19-11-15-21(16-12-19)36(40)41)35-31(38)28-26-22-5-1-2-6-23(22)27(29(28)32(35)39)25-8-4-3-7-24(25)26/h1-16,26-29H,17H2/t26?,27?,28-,29-/m0/s1. The predicted octanol–water partition coefficient (Wildman–Crippen LogP) is 5.70. The number of imide groups is 1. The fraction of sp³-hybridized carbons (Fsp3) is 0.156. The second-order valence-electron chi connectivity index (χ2n) is 10.5. The number of benzene rings is 4. The molecule has 8 rings (SSSR count). The Kier molecular flexibility index (Phi) is 5.76. The molecule has 0 N–H and O–H groups in total. The molecule has 1 fully saturated rings. The first-order valence-corrected chi connectivity index (χ1v) is 13.6. The Labute approximate surface area is 239 Å². The van der Waals surface area contributed by atoms with Gasteiger partial charge in [0, 0.05) is 34.6 Å². The minimum atomic E-state index is -0.658. The predicted molar refractivity (Wildman–Crippen MR) is 150 cm³/mol. The smallest absolute Gasteiger partial charge is 0.272 e. The lowest BCUT2D eigenvalue weighted by Crippen LogP contribution is -2.50. The zero-order valence-electron chi connectivity index (χ0n) is 21.5. The molecule has 9 heteroatoms. The molecule has 0 saturated carbocycles. The van der Waals surface area contributed by atoms with E-state index in [-0.39, 0.29) is 29.6 Å². The van der Waals surface area contributed by atoms with Crippen LogP contribution in [0.2, 0.25) is 5.02 Å². The third-order valence-corrected chi connectivity index (χ3v) is 8.72. The number of rotatable bonds is 5. The van der Waals surface area contributed by atoms with Gasteiger partial charge in [0.2, 0.25) is 0 Å². The molecule has 0 radical (unpaired) electrons. The van der Waals surface area contributed by atoms with Crippen LogP contribution in [-0.4, -0.2) is 32.7 Å².